The molecule has 41 heavy (non-hydrogen) atoms. The molecule has 1 fully saturated rings. The Kier molecular flexibility index (Phi) is 9.62. The van der Waals surface area contributed by atoms with E-state index >= 15 is 0 Å². The lowest BCUT2D eigenvalue weighted by Crippen LogP contribution is -2.32. The van der Waals surface area contributed by atoms with Crippen LogP contribution in [0.3, 0.4) is 0 Å². The number of nitrogens with zero attached hydrogens (tertiary/aromatic N) is 8. The molecule has 0 bridgehead atoms. The summed E-state index contributed by atoms with van der Waals surface area (Å²) in [7, 11) is -0.0144. The van der Waals surface area contributed by atoms with Crippen LogP contribution in [0.2, 0.25) is 11.6 Å². The van der Waals surface area contributed by atoms with E-state index in [-0.39, 0.29) is 6.61 Å². The fraction of sp³-hybridized carbons (Fsp3) is 0.370. The summed E-state index contributed by atoms with van der Waals surface area (Å²) in [5.41, 5.74) is 3.62. The van der Waals surface area contributed by atoms with Gasteiger partial charge in [0.2, 0.25) is 5.95 Å². The van der Waals surface area contributed by atoms with Gasteiger partial charge in [0.25, 0.3) is 9.04 Å². The minimum atomic E-state index is -1.67. The summed E-state index contributed by atoms with van der Waals surface area (Å²) in [5.74, 6) is 1.79. The number of hydrogen-bond acceptors (Lipinski definition) is 11. The monoisotopic (exact) mass is 595 g/mol. The maximum absolute atomic E-state index is 9.27. The van der Waals surface area contributed by atoms with E-state index in [2.05, 4.69) is 53.2 Å². The number of ether oxygens (including phenoxy) is 1. The fourth-order valence-electron chi connectivity index (χ4n) is 4.79. The van der Waals surface area contributed by atoms with E-state index in [0.29, 0.717) is 28.6 Å². The Morgan fingerprint density at radius 3 is 2.63 bits per heavy atom. The van der Waals surface area contributed by atoms with Gasteiger partial charge in [0.05, 0.1) is 30.6 Å². The molecule has 2 aromatic heterocycles. The van der Waals surface area contributed by atoms with E-state index in [0.717, 1.165) is 61.6 Å². The standard InChI is InChI=1S/C27H34ClN9O3Si/c1-39-26-15-22(36-9-3-8-35(10-11-36)12-13-38)5-7-24(26)32-27-29-16-21(17-30-27)20-4-6-23(28)25(14-20)40-41(2)19-37-18-31-33-34-37/h4-7,14-18,38,41H,3,8-13,19H2,1-2H3,(H,29,30,32)/t41-/m0/s1. The Bertz CT molecular complexity index is 1410. The molecule has 1 aliphatic heterocycles. The van der Waals surface area contributed by atoms with E-state index in [4.69, 9.17) is 20.8 Å². The zero-order chi connectivity index (χ0) is 28.6. The van der Waals surface area contributed by atoms with Crippen molar-refractivity contribution in [3.63, 3.8) is 0 Å². The molecular formula is C27H34ClN9O3Si. The number of rotatable bonds is 11. The number of aliphatic hydroxyl groups excluding tert-OH is 1. The zero-order valence-electron chi connectivity index (χ0n) is 23.1. The Balaban J connectivity index is 1.24. The summed E-state index contributed by atoms with van der Waals surface area (Å²) in [6.07, 6.45) is 6.78. The first-order chi connectivity index (χ1) is 20.0. The molecule has 14 heteroatoms. The van der Waals surface area contributed by atoms with Crippen LogP contribution in [0.4, 0.5) is 17.3 Å². The molecule has 3 heterocycles. The van der Waals surface area contributed by atoms with Gasteiger partial charge in [-0.1, -0.05) is 17.7 Å². The largest absolute Gasteiger partial charge is 0.544 e. The van der Waals surface area contributed by atoms with Crippen molar-refractivity contribution in [3.05, 3.63) is 60.1 Å². The third kappa shape index (κ3) is 7.49. The van der Waals surface area contributed by atoms with Crippen molar-refractivity contribution in [3.8, 4) is 22.6 Å². The first kappa shape index (κ1) is 28.7. The maximum Gasteiger partial charge on any atom is 0.253 e. The summed E-state index contributed by atoms with van der Waals surface area (Å²) >= 11 is 6.42. The van der Waals surface area contributed by atoms with Gasteiger partial charge in [0.1, 0.15) is 17.8 Å². The van der Waals surface area contributed by atoms with Crippen LogP contribution in [-0.2, 0) is 6.17 Å². The van der Waals surface area contributed by atoms with Gasteiger partial charge in [-0.3, -0.25) is 4.90 Å². The second-order valence-electron chi connectivity index (χ2n) is 9.82. The van der Waals surface area contributed by atoms with Gasteiger partial charge in [-0.15, -0.1) is 5.10 Å². The number of halogens is 1. The number of hydrogen-bond donors (Lipinski definition) is 2. The SMILES string of the molecule is COc1cc(N2CCCN(CCO)CC2)ccc1Nc1ncc(-c2ccc(Cl)c(O[Si@@H](C)Cn3cnnn3)c2)cn1. The molecule has 1 aliphatic rings. The van der Waals surface area contributed by atoms with Gasteiger partial charge in [0, 0.05) is 55.9 Å². The van der Waals surface area contributed by atoms with E-state index in [1.165, 1.54) is 0 Å². The highest BCUT2D eigenvalue weighted by molar-refractivity contribution is 6.50. The highest BCUT2D eigenvalue weighted by Gasteiger charge is 2.17. The minimum absolute atomic E-state index is 0.191. The second kappa shape index (κ2) is 13.7. The number of tetrazole rings is 1. The van der Waals surface area contributed by atoms with Gasteiger partial charge < -0.3 is 24.5 Å². The molecule has 1 atom stereocenters. The second-order valence-corrected chi connectivity index (χ2v) is 12.4. The number of aliphatic hydroxyl groups is 1. The van der Waals surface area contributed by atoms with Gasteiger partial charge in [-0.25, -0.2) is 14.6 Å². The van der Waals surface area contributed by atoms with Crippen molar-refractivity contribution in [2.75, 3.05) is 56.7 Å². The zero-order valence-corrected chi connectivity index (χ0v) is 25.1. The molecule has 2 aromatic carbocycles. The summed E-state index contributed by atoms with van der Waals surface area (Å²) in [5, 5.41) is 24.3. The Labute approximate surface area is 245 Å². The van der Waals surface area contributed by atoms with Crippen LogP contribution in [0, 0.1) is 0 Å². The molecule has 1 saturated heterocycles. The minimum Gasteiger partial charge on any atom is -0.544 e. The van der Waals surface area contributed by atoms with E-state index < -0.39 is 9.04 Å². The summed E-state index contributed by atoms with van der Waals surface area (Å²) in [6.45, 7) is 6.75. The van der Waals surface area contributed by atoms with Crippen molar-refractivity contribution >= 4 is 38.0 Å². The first-order valence-corrected chi connectivity index (χ1v) is 16.4. The van der Waals surface area contributed by atoms with Crippen molar-refractivity contribution in [2.24, 2.45) is 0 Å². The van der Waals surface area contributed by atoms with Gasteiger partial charge >= 0.3 is 0 Å². The predicted molar refractivity (Wildman–Crippen MR) is 161 cm³/mol. The summed E-state index contributed by atoms with van der Waals surface area (Å²) in [4.78, 5) is 13.7. The molecule has 2 N–H and O–H groups in total. The molecule has 216 valence electrons. The van der Waals surface area contributed by atoms with Crippen LogP contribution in [0.5, 0.6) is 11.5 Å². The van der Waals surface area contributed by atoms with Gasteiger partial charge in [0.15, 0.2) is 0 Å². The number of β-amino-alcohol motifs (C(OH)–C–C–N with tert-alkyl or cyclic N) is 1. The van der Waals surface area contributed by atoms with Gasteiger partial charge in [-0.2, -0.15) is 0 Å². The summed E-state index contributed by atoms with van der Waals surface area (Å²) in [6, 6.07) is 11.8. The Morgan fingerprint density at radius 1 is 1.02 bits per heavy atom. The lowest BCUT2D eigenvalue weighted by atomic mass is 10.1. The molecule has 0 amide bonds. The molecule has 12 nitrogen and oxygen atoms in total. The average Bonchev–Trinajstić information content (AvgIpc) is 3.38. The fourth-order valence-corrected chi connectivity index (χ4v) is 6.42. The van der Waals surface area contributed by atoms with Crippen LogP contribution in [0.25, 0.3) is 11.1 Å². The van der Waals surface area contributed by atoms with Crippen molar-refractivity contribution in [2.45, 2.75) is 19.1 Å². The molecule has 0 aliphatic carbocycles. The molecule has 4 aromatic rings. The van der Waals surface area contributed by atoms with Crippen molar-refractivity contribution < 1.29 is 14.3 Å². The lowest BCUT2D eigenvalue weighted by molar-refractivity contribution is 0.204. The number of nitrogens with one attached hydrogen (secondary N) is 1. The third-order valence-electron chi connectivity index (χ3n) is 6.88. The highest BCUT2D eigenvalue weighted by atomic mass is 35.5. The van der Waals surface area contributed by atoms with E-state index in [9.17, 15) is 5.11 Å². The predicted octanol–water partition coefficient (Wildman–Crippen LogP) is 3.01. The van der Waals surface area contributed by atoms with Gasteiger partial charge in [-0.05, 0) is 59.8 Å². The van der Waals surface area contributed by atoms with Crippen LogP contribution in [0.15, 0.2) is 55.1 Å². The number of benzene rings is 2. The Morgan fingerprint density at radius 2 is 1.88 bits per heavy atom. The normalized spacial score (nSPS) is 14.9. The molecule has 0 unspecified atom stereocenters. The van der Waals surface area contributed by atoms with E-state index in [1.54, 1.807) is 30.5 Å². The summed E-state index contributed by atoms with van der Waals surface area (Å²) < 4.78 is 13.6. The van der Waals surface area contributed by atoms with Crippen molar-refractivity contribution in [1.29, 1.82) is 0 Å². The molecular weight excluding hydrogens is 562 g/mol. The maximum atomic E-state index is 9.27. The van der Waals surface area contributed by atoms with Crippen LogP contribution >= 0.6 is 11.6 Å². The number of aromatic nitrogens is 6. The van der Waals surface area contributed by atoms with Crippen LogP contribution < -0.4 is 19.4 Å². The quantitative estimate of drug-likeness (QED) is 0.248. The number of anilines is 3. The Hall–Kier alpha value is -3.78. The molecule has 0 spiro atoms. The number of methoxy groups -OCH3 is 1. The van der Waals surface area contributed by atoms with Crippen molar-refractivity contribution in [1.82, 2.24) is 35.1 Å². The highest BCUT2D eigenvalue weighted by Crippen LogP contribution is 2.33. The van der Waals surface area contributed by atoms with Crippen LogP contribution in [0.1, 0.15) is 6.42 Å². The molecule has 5 rings (SSSR count). The van der Waals surface area contributed by atoms with E-state index in [1.807, 2.05) is 30.3 Å². The molecule has 0 saturated carbocycles. The average molecular weight is 596 g/mol. The topological polar surface area (TPSA) is 127 Å². The smallest absolute Gasteiger partial charge is 0.253 e. The van der Waals surface area contributed by atoms with Crippen LogP contribution in [-0.4, -0.2) is 95.7 Å². The lowest BCUT2D eigenvalue weighted by Gasteiger charge is -2.24. The third-order valence-corrected chi connectivity index (χ3v) is 8.74. The first-order valence-electron chi connectivity index (χ1n) is 13.5. The molecule has 0 radical (unpaired) electrons.